The van der Waals surface area contributed by atoms with Crippen molar-refractivity contribution in [3.05, 3.63) is 90.3 Å². The molecule has 154 valence electrons. The second-order valence-corrected chi connectivity index (χ2v) is 8.03. The summed E-state index contributed by atoms with van der Waals surface area (Å²) in [7, 11) is 0. The topological polar surface area (TPSA) is 51.2 Å². The van der Waals surface area contributed by atoms with Gasteiger partial charge in [-0.1, -0.05) is 54.6 Å². The van der Waals surface area contributed by atoms with E-state index < -0.39 is 0 Å². The van der Waals surface area contributed by atoms with Gasteiger partial charge in [0.15, 0.2) is 0 Å². The number of nitrogens with zero attached hydrogens (tertiary/aromatic N) is 1. The summed E-state index contributed by atoms with van der Waals surface area (Å²) < 4.78 is 6.04. The molecule has 1 amide bonds. The predicted octanol–water partition coefficient (Wildman–Crippen LogP) is 5.31. The van der Waals surface area contributed by atoms with E-state index in [9.17, 15) is 4.79 Å². The van der Waals surface area contributed by atoms with Gasteiger partial charge in [0, 0.05) is 18.3 Å². The summed E-state index contributed by atoms with van der Waals surface area (Å²) >= 11 is 0. The number of carbonyl (C=O) groups excluding carboxylic acids is 1. The molecule has 1 heterocycles. The van der Waals surface area contributed by atoms with Crippen molar-refractivity contribution in [1.82, 2.24) is 10.3 Å². The molecule has 0 radical (unpaired) electrons. The van der Waals surface area contributed by atoms with Crippen LogP contribution in [0.4, 0.5) is 0 Å². The van der Waals surface area contributed by atoms with Crippen molar-refractivity contribution in [3.8, 4) is 11.1 Å². The number of benzene rings is 2. The lowest BCUT2D eigenvalue weighted by atomic mass is 10.00. The summed E-state index contributed by atoms with van der Waals surface area (Å²) in [4.78, 5) is 17.0. The highest BCUT2D eigenvalue weighted by Crippen LogP contribution is 2.30. The summed E-state index contributed by atoms with van der Waals surface area (Å²) in [5.74, 6) is 0.148. The van der Waals surface area contributed by atoms with Gasteiger partial charge in [-0.15, -0.1) is 0 Å². The minimum absolute atomic E-state index is 0.0229. The molecule has 4 rings (SSSR count). The fourth-order valence-corrected chi connectivity index (χ4v) is 4.05. The predicted molar refractivity (Wildman–Crippen MR) is 119 cm³/mol. The molecule has 3 aromatic rings. The maximum absolute atomic E-state index is 12.8. The lowest BCUT2D eigenvalue weighted by molar-refractivity contribution is -0.125. The Morgan fingerprint density at radius 3 is 2.70 bits per heavy atom. The zero-order valence-corrected chi connectivity index (χ0v) is 17.3. The van der Waals surface area contributed by atoms with Crippen molar-refractivity contribution in [2.45, 2.75) is 44.9 Å². The third-order valence-electron chi connectivity index (χ3n) is 5.82. The molecule has 2 aromatic carbocycles. The molecule has 1 aliphatic rings. The normalized spacial score (nSPS) is 19.4. The SMILES string of the molecule is C[C@H](NC(=O)[C@H]1CC[C@H](OCc2ccccc2)C1)c1cccc(-c2cccnc2)c1. The van der Waals surface area contributed by atoms with Crippen molar-refractivity contribution in [2.75, 3.05) is 0 Å². The summed E-state index contributed by atoms with van der Waals surface area (Å²) in [6, 6.07) is 22.4. The lowest BCUT2D eigenvalue weighted by Crippen LogP contribution is -2.32. The molecule has 1 fully saturated rings. The molecule has 0 aliphatic heterocycles. The standard InChI is InChI=1S/C26H28N2O2/c1-19(21-9-5-10-22(15-21)24-11-6-14-27-17-24)28-26(29)23-12-13-25(16-23)30-18-20-7-3-2-4-8-20/h2-11,14-15,17,19,23,25H,12-13,16,18H2,1H3,(H,28,29)/t19-,23-,25-/m0/s1. The molecule has 0 bridgehead atoms. The molecule has 30 heavy (non-hydrogen) atoms. The number of carbonyl (C=O) groups is 1. The molecule has 0 unspecified atom stereocenters. The summed E-state index contributed by atoms with van der Waals surface area (Å²) in [6.07, 6.45) is 6.40. The monoisotopic (exact) mass is 400 g/mol. The van der Waals surface area contributed by atoms with Crippen LogP contribution in [0.25, 0.3) is 11.1 Å². The Balaban J connectivity index is 1.31. The van der Waals surface area contributed by atoms with Crippen LogP contribution in [0.3, 0.4) is 0 Å². The fraction of sp³-hybridized carbons (Fsp3) is 0.308. The van der Waals surface area contributed by atoms with Gasteiger partial charge < -0.3 is 10.1 Å². The Morgan fingerprint density at radius 2 is 1.90 bits per heavy atom. The van der Waals surface area contributed by atoms with Crippen LogP contribution in [0.2, 0.25) is 0 Å². The minimum Gasteiger partial charge on any atom is -0.374 e. The maximum Gasteiger partial charge on any atom is 0.223 e. The van der Waals surface area contributed by atoms with Gasteiger partial charge in [0.05, 0.1) is 18.8 Å². The first kappa shape index (κ1) is 20.3. The minimum atomic E-state index is -0.0431. The molecule has 1 saturated carbocycles. The van der Waals surface area contributed by atoms with Crippen molar-refractivity contribution >= 4 is 5.91 Å². The molecule has 4 heteroatoms. The maximum atomic E-state index is 12.8. The van der Waals surface area contributed by atoms with Crippen LogP contribution < -0.4 is 5.32 Å². The second-order valence-electron chi connectivity index (χ2n) is 8.03. The highest BCUT2D eigenvalue weighted by atomic mass is 16.5. The molecule has 0 spiro atoms. The third kappa shape index (κ3) is 5.14. The van der Waals surface area contributed by atoms with E-state index in [-0.39, 0.29) is 24.0 Å². The highest BCUT2D eigenvalue weighted by Gasteiger charge is 2.31. The number of nitrogens with one attached hydrogen (secondary N) is 1. The van der Waals surface area contributed by atoms with Gasteiger partial charge >= 0.3 is 0 Å². The first-order chi connectivity index (χ1) is 14.7. The molecule has 4 nitrogen and oxygen atoms in total. The average Bonchev–Trinajstić information content (AvgIpc) is 3.28. The Morgan fingerprint density at radius 1 is 1.07 bits per heavy atom. The van der Waals surface area contributed by atoms with Crippen molar-refractivity contribution < 1.29 is 9.53 Å². The van der Waals surface area contributed by atoms with E-state index >= 15 is 0 Å². The third-order valence-corrected chi connectivity index (χ3v) is 5.82. The first-order valence-corrected chi connectivity index (χ1v) is 10.7. The average molecular weight is 401 g/mol. The fourth-order valence-electron chi connectivity index (χ4n) is 4.05. The quantitative estimate of drug-likeness (QED) is 0.585. The smallest absolute Gasteiger partial charge is 0.223 e. The van der Waals surface area contributed by atoms with E-state index in [0.29, 0.717) is 6.61 Å². The van der Waals surface area contributed by atoms with Gasteiger partial charge in [0.25, 0.3) is 0 Å². The van der Waals surface area contributed by atoms with Gasteiger partial charge in [-0.3, -0.25) is 9.78 Å². The molecular weight excluding hydrogens is 372 g/mol. The molecule has 0 saturated heterocycles. The Bertz CT molecular complexity index is 959. The number of hydrogen-bond acceptors (Lipinski definition) is 3. The van der Waals surface area contributed by atoms with E-state index in [1.54, 1.807) is 6.20 Å². The van der Waals surface area contributed by atoms with Crippen LogP contribution in [-0.2, 0) is 16.1 Å². The van der Waals surface area contributed by atoms with Gasteiger partial charge in [0.2, 0.25) is 5.91 Å². The van der Waals surface area contributed by atoms with Crippen molar-refractivity contribution in [2.24, 2.45) is 5.92 Å². The lowest BCUT2D eigenvalue weighted by Gasteiger charge is -2.18. The van der Waals surface area contributed by atoms with Crippen LogP contribution in [0.5, 0.6) is 0 Å². The highest BCUT2D eigenvalue weighted by molar-refractivity contribution is 5.79. The number of ether oxygens (including phenoxy) is 1. The van der Waals surface area contributed by atoms with E-state index in [1.165, 1.54) is 5.56 Å². The van der Waals surface area contributed by atoms with E-state index in [4.69, 9.17) is 4.74 Å². The zero-order chi connectivity index (χ0) is 20.8. The van der Waals surface area contributed by atoms with Gasteiger partial charge in [0.1, 0.15) is 0 Å². The Labute approximate surface area is 178 Å². The zero-order valence-electron chi connectivity index (χ0n) is 17.3. The number of rotatable bonds is 7. The number of pyridine rings is 1. The van der Waals surface area contributed by atoms with Crippen LogP contribution in [-0.4, -0.2) is 17.0 Å². The molecule has 1 N–H and O–H groups in total. The van der Waals surface area contributed by atoms with Crippen molar-refractivity contribution in [1.29, 1.82) is 0 Å². The van der Waals surface area contributed by atoms with Gasteiger partial charge in [-0.2, -0.15) is 0 Å². The Hall–Kier alpha value is -2.98. The van der Waals surface area contributed by atoms with Crippen LogP contribution in [0, 0.1) is 5.92 Å². The van der Waals surface area contributed by atoms with E-state index in [0.717, 1.165) is 36.0 Å². The summed E-state index contributed by atoms with van der Waals surface area (Å²) in [6.45, 7) is 2.65. The molecule has 1 aliphatic carbocycles. The van der Waals surface area contributed by atoms with E-state index in [2.05, 4.69) is 40.6 Å². The van der Waals surface area contributed by atoms with Crippen LogP contribution in [0.1, 0.15) is 43.4 Å². The molecular formula is C26H28N2O2. The second kappa shape index (κ2) is 9.68. The number of hydrogen-bond donors (Lipinski definition) is 1. The van der Waals surface area contributed by atoms with Gasteiger partial charge in [-0.05, 0) is 60.6 Å². The van der Waals surface area contributed by atoms with E-state index in [1.807, 2.05) is 49.5 Å². The summed E-state index contributed by atoms with van der Waals surface area (Å²) in [5, 5.41) is 3.20. The van der Waals surface area contributed by atoms with Crippen LogP contribution in [0.15, 0.2) is 79.1 Å². The molecule has 3 atom stereocenters. The first-order valence-electron chi connectivity index (χ1n) is 10.7. The van der Waals surface area contributed by atoms with Crippen LogP contribution >= 0.6 is 0 Å². The van der Waals surface area contributed by atoms with Crippen molar-refractivity contribution in [3.63, 3.8) is 0 Å². The van der Waals surface area contributed by atoms with Gasteiger partial charge in [-0.25, -0.2) is 0 Å². The number of amides is 1. The Kier molecular flexibility index (Phi) is 6.55. The number of aromatic nitrogens is 1. The summed E-state index contributed by atoms with van der Waals surface area (Å²) in [5.41, 5.74) is 4.45. The largest absolute Gasteiger partial charge is 0.374 e. The molecule has 1 aromatic heterocycles.